The third-order valence-corrected chi connectivity index (χ3v) is 0.967. The number of nitrogens with zero attached hydrogens (tertiary/aromatic N) is 1. The second-order valence-electron chi connectivity index (χ2n) is 3.63. The molecule has 0 aromatic heterocycles. The van der Waals surface area contributed by atoms with Gasteiger partial charge in [-0.1, -0.05) is 13.2 Å². The molecule has 5 heteroatoms. The van der Waals surface area contributed by atoms with Crippen LogP contribution in [0.4, 0.5) is 0 Å². The lowest BCUT2D eigenvalue weighted by atomic mass is 10.2. The number of nitriles is 1. The van der Waals surface area contributed by atoms with Gasteiger partial charge in [0.2, 0.25) is 0 Å². The molecule has 0 saturated carbocycles. The zero-order valence-electron chi connectivity index (χ0n) is 9.61. The number of hydrogen-bond acceptors (Lipinski definition) is 4. The molecular weight excluding hydrogens is 210 g/mol. The van der Waals surface area contributed by atoms with E-state index in [4.69, 9.17) is 15.1 Å². The second-order valence-corrected chi connectivity index (χ2v) is 3.63. The lowest BCUT2D eigenvalue weighted by molar-refractivity contribution is -0.148. The highest BCUT2D eigenvalue weighted by molar-refractivity contribution is 5.90. The van der Waals surface area contributed by atoms with Crippen molar-refractivity contribution in [3.05, 3.63) is 24.8 Å². The molecule has 0 rings (SSSR count). The van der Waals surface area contributed by atoms with Gasteiger partial charge in [-0.05, 0) is 20.8 Å². The molecular formula is C11H15NO4. The van der Waals surface area contributed by atoms with Gasteiger partial charge in [0.15, 0.2) is 0 Å². The van der Waals surface area contributed by atoms with E-state index in [1.165, 1.54) is 6.07 Å². The predicted molar refractivity (Wildman–Crippen MR) is 58.4 cm³/mol. The quantitative estimate of drug-likeness (QED) is 0.438. The zero-order chi connectivity index (χ0) is 13.4. The summed E-state index contributed by atoms with van der Waals surface area (Å²) >= 11 is 0. The molecule has 0 unspecified atom stereocenters. The maximum absolute atomic E-state index is 10.5. The fraction of sp³-hybridized carbons (Fsp3) is 0.364. The van der Waals surface area contributed by atoms with Crippen LogP contribution in [0.3, 0.4) is 0 Å². The van der Waals surface area contributed by atoms with Gasteiger partial charge < -0.3 is 9.84 Å². The third kappa shape index (κ3) is 11.9. The predicted octanol–water partition coefficient (Wildman–Crippen LogP) is 1.66. The van der Waals surface area contributed by atoms with Crippen molar-refractivity contribution in [1.82, 2.24) is 0 Å². The number of hydrogen-bond donors (Lipinski definition) is 1. The molecule has 0 aliphatic carbocycles. The summed E-state index contributed by atoms with van der Waals surface area (Å²) in [6.45, 7) is 11.6. The van der Waals surface area contributed by atoms with E-state index in [9.17, 15) is 9.59 Å². The van der Waals surface area contributed by atoms with Crippen molar-refractivity contribution in [3.8, 4) is 6.07 Å². The molecule has 1 N–H and O–H groups in total. The Morgan fingerprint density at radius 3 is 1.94 bits per heavy atom. The van der Waals surface area contributed by atoms with E-state index in [0.717, 1.165) is 6.08 Å². The molecule has 0 heterocycles. The largest absolute Gasteiger partial charge is 0.477 e. The SMILES string of the molecule is C=C(C#N)C(=O)O.C=CC(=O)OC(C)(C)C. The molecule has 0 aromatic rings. The maximum Gasteiger partial charge on any atom is 0.345 e. The van der Waals surface area contributed by atoms with Crippen LogP contribution in [0.1, 0.15) is 20.8 Å². The fourth-order valence-corrected chi connectivity index (χ4v) is 0.391. The van der Waals surface area contributed by atoms with Crippen molar-refractivity contribution in [3.63, 3.8) is 0 Å². The van der Waals surface area contributed by atoms with Gasteiger partial charge in [-0.15, -0.1) is 0 Å². The maximum atomic E-state index is 10.5. The molecule has 0 spiro atoms. The van der Waals surface area contributed by atoms with Crippen LogP contribution in [0.15, 0.2) is 24.8 Å². The van der Waals surface area contributed by atoms with Gasteiger partial charge in [-0.3, -0.25) is 0 Å². The van der Waals surface area contributed by atoms with Crippen LogP contribution in [-0.4, -0.2) is 22.6 Å². The molecule has 0 aliphatic heterocycles. The van der Waals surface area contributed by atoms with Crippen molar-refractivity contribution >= 4 is 11.9 Å². The topological polar surface area (TPSA) is 87.4 Å². The number of carboxylic acid groups (broad SMARTS) is 1. The molecule has 0 bridgehead atoms. The summed E-state index contributed by atoms with van der Waals surface area (Å²) in [6, 6.07) is 1.37. The molecule has 0 amide bonds. The first-order valence-corrected chi connectivity index (χ1v) is 4.31. The summed E-state index contributed by atoms with van der Waals surface area (Å²) in [4.78, 5) is 20.1. The molecule has 88 valence electrons. The highest BCUT2D eigenvalue weighted by Gasteiger charge is 2.12. The van der Waals surface area contributed by atoms with Crippen LogP contribution >= 0.6 is 0 Å². The molecule has 0 atom stereocenters. The molecule has 0 saturated heterocycles. The smallest absolute Gasteiger partial charge is 0.345 e. The van der Waals surface area contributed by atoms with Crippen LogP contribution in [0.5, 0.6) is 0 Å². The normalized spacial score (nSPS) is 8.88. The Morgan fingerprint density at radius 2 is 1.88 bits per heavy atom. The lowest BCUT2D eigenvalue weighted by Crippen LogP contribution is -2.22. The Balaban J connectivity index is 0. The standard InChI is InChI=1S/C7H12O2.C4H3NO2/c1-5-6(8)9-7(2,3)4;1-3(2-5)4(6)7/h5H,1H2,2-4H3;1H2,(H,6,7). The number of carbonyl (C=O) groups excluding carboxylic acids is 1. The number of carboxylic acids is 1. The van der Waals surface area contributed by atoms with Crippen LogP contribution in [0, 0.1) is 11.3 Å². The summed E-state index contributed by atoms with van der Waals surface area (Å²) in [5.74, 6) is -1.63. The van der Waals surface area contributed by atoms with E-state index >= 15 is 0 Å². The summed E-state index contributed by atoms with van der Waals surface area (Å²) < 4.78 is 4.83. The van der Waals surface area contributed by atoms with E-state index in [1.807, 2.05) is 20.8 Å². The van der Waals surface area contributed by atoms with Crippen LogP contribution in [-0.2, 0) is 14.3 Å². The van der Waals surface area contributed by atoms with E-state index in [-0.39, 0.29) is 5.97 Å². The lowest BCUT2D eigenvalue weighted by Gasteiger charge is -2.17. The summed E-state index contributed by atoms with van der Waals surface area (Å²) in [6.07, 6.45) is 1.16. The number of esters is 1. The van der Waals surface area contributed by atoms with Crippen LogP contribution in [0.25, 0.3) is 0 Å². The molecule has 0 aliphatic rings. The van der Waals surface area contributed by atoms with Crippen molar-refractivity contribution in [2.75, 3.05) is 0 Å². The fourth-order valence-electron chi connectivity index (χ4n) is 0.391. The minimum atomic E-state index is -1.26. The molecule has 0 radical (unpaired) electrons. The van der Waals surface area contributed by atoms with E-state index < -0.39 is 17.1 Å². The summed E-state index contributed by atoms with van der Waals surface area (Å²) in [5.41, 5.74) is -0.828. The van der Waals surface area contributed by atoms with Crippen molar-refractivity contribution in [2.24, 2.45) is 0 Å². The first-order valence-electron chi connectivity index (χ1n) is 4.31. The Labute approximate surface area is 94.6 Å². The first kappa shape index (κ1) is 16.3. The van der Waals surface area contributed by atoms with Crippen LogP contribution in [0.2, 0.25) is 0 Å². The summed E-state index contributed by atoms with van der Waals surface area (Å²) in [5, 5.41) is 15.6. The Bertz CT molecular complexity index is 331. The minimum absolute atomic E-state index is 0.373. The van der Waals surface area contributed by atoms with Crippen molar-refractivity contribution < 1.29 is 19.4 Å². The Morgan fingerprint density at radius 1 is 1.44 bits per heavy atom. The zero-order valence-corrected chi connectivity index (χ0v) is 9.61. The second kappa shape index (κ2) is 7.23. The average Bonchev–Trinajstić information content (AvgIpc) is 2.14. The minimum Gasteiger partial charge on any atom is -0.477 e. The number of rotatable bonds is 2. The van der Waals surface area contributed by atoms with Gasteiger partial charge in [0.25, 0.3) is 0 Å². The van der Waals surface area contributed by atoms with Crippen molar-refractivity contribution in [2.45, 2.75) is 26.4 Å². The van der Waals surface area contributed by atoms with Gasteiger partial charge in [-0.2, -0.15) is 5.26 Å². The third-order valence-electron chi connectivity index (χ3n) is 0.967. The molecule has 0 fully saturated rings. The Kier molecular flexibility index (Phi) is 7.39. The number of ether oxygens (including phenoxy) is 1. The van der Waals surface area contributed by atoms with Gasteiger partial charge in [-0.25, -0.2) is 9.59 Å². The van der Waals surface area contributed by atoms with E-state index in [0.29, 0.717) is 0 Å². The highest BCUT2D eigenvalue weighted by Crippen LogP contribution is 2.06. The average molecular weight is 225 g/mol. The molecule has 0 aromatic carbocycles. The van der Waals surface area contributed by atoms with E-state index in [1.54, 1.807) is 0 Å². The Hall–Kier alpha value is -2.09. The monoisotopic (exact) mass is 225 g/mol. The van der Waals surface area contributed by atoms with Gasteiger partial charge >= 0.3 is 11.9 Å². The van der Waals surface area contributed by atoms with Gasteiger partial charge in [0.1, 0.15) is 17.2 Å². The van der Waals surface area contributed by atoms with Crippen molar-refractivity contribution in [1.29, 1.82) is 5.26 Å². The molecule has 5 nitrogen and oxygen atoms in total. The number of aliphatic carboxylic acids is 1. The number of carbonyl (C=O) groups is 2. The molecule has 16 heavy (non-hydrogen) atoms. The first-order chi connectivity index (χ1) is 7.14. The summed E-state index contributed by atoms with van der Waals surface area (Å²) in [7, 11) is 0. The van der Waals surface area contributed by atoms with Gasteiger partial charge in [0.05, 0.1) is 0 Å². The van der Waals surface area contributed by atoms with Crippen LogP contribution < -0.4 is 0 Å². The van der Waals surface area contributed by atoms with E-state index in [2.05, 4.69) is 13.2 Å². The highest BCUT2D eigenvalue weighted by atomic mass is 16.6. The van der Waals surface area contributed by atoms with Gasteiger partial charge in [0, 0.05) is 6.08 Å².